The van der Waals surface area contributed by atoms with E-state index in [1.807, 2.05) is 24.3 Å². The van der Waals surface area contributed by atoms with E-state index in [4.69, 9.17) is 4.42 Å². The van der Waals surface area contributed by atoms with Crippen LogP contribution in [0.5, 0.6) is 0 Å². The average molecular weight is 259 g/mol. The molecule has 0 N–H and O–H groups in total. The zero-order chi connectivity index (χ0) is 13.8. The fourth-order valence-electron chi connectivity index (χ4n) is 1.79. The van der Waals surface area contributed by atoms with E-state index in [-0.39, 0.29) is 10.7 Å². The molecule has 1 unspecified atom stereocenters. The van der Waals surface area contributed by atoms with Gasteiger partial charge in [-0.3, -0.25) is 14.9 Å². The Kier molecular flexibility index (Phi) is 3.75. The molecule has 0 aliphatic rings. The van der Waals surface area contributed by atoms with Gasteiger partial charge in [0.25, 0.3) is 0 Å². The van der Waals surface area contributed by atoms with Crippen LogP contribution >= 0.6 is 0 Å². The molecule has 0 aliphatic carbocycles. The lowest BCUT2D eigenvalue weighted by Crippen LogP contribution is -2.17. The number of carbonyl (C=O) groups excluding carboxylic acids is 1. The minimum Gasteiger partial charge on any atom is -0.453 e. The van der Waals surface area contributed by atoms with E-state index < -0.39 is 6.04 Å². The summed E-state index contributed by atoms with van der Waals surface area (Å²) >= 11 is 0. The number of nitro groups is 1. The van der Waals surface area contributed by atoms with Crippen molar-refractivity contribution < 1.29 is 14.1 Å². The number of rotatable bonds is 5. The largest absolute Gasteiger partial charge is 0.453 e. The van der Waals surface area contributed by atoms with Crippen LogP contribution in [0, 0.1) is 10.1 Å². The number of aldehydes is 1. The smallest absolute Gasteiger partial charge is 0.214 e. The van der Waals surface area contributed by atoms with Crippen LogP contribution in [0.3, 0.4) is 0 Å². The minimum atomic E-state index is -0.601. The fourth-order valence-corrected chi connectivity index (χ4v) is 1.79. The molecule has 0 aliphatic heterocycles. The first-order valence-corrected chi connectivity index (χ1v) is 5.88. The van der Waals surface area contributed by atoms with Gasteiger partial charge in [0, 0.05) is 23.8 Å². The lowest BCUT2D eigenvalue weighted by molar-refractivity contribution is -0.517. The molecule has 1 aromatic carbocycles. The molecule has 19 heavy (non-hydrogen) atoms. The van der Waals surface area contributed by atoms with Gasteiger partial charge in [-0.1, -0.05) is 24.3 Å². The molecular formula is C14H13NO4. The number of carbonyl (C=O) groups is 1. The molecule has 0 fully saturated rings. The maximum atomic E-state index is 10.6. The molecule has 5 heteroatoms. The summed E-state index contributed by atoms with van der Waals surface area (Å²) in [5, 5.41) is 10.6. The topological polar surface area (TPSA) is 73.3 Å². The lowest BCUT2D eigenvalue weighted by atomic mass is 10.0. The summed E-state index contributed by atoms with van der Waals surface area (Å²) in [6.45, 7) is 1.58. The van der Waals surface area contributed by atoms with E-state index in [0.717, 1.165) is 11.1 Å². The monoisotopic (exact) mass is 259 g/mol. The van der Waals surface area contributed by atoms with Crippen LogP contribution in [0.1, 0.15) is 23.0 Å². The molecular weight excluding hydrogens is 246 g/mol. The Morgan fingerprint density at radius 3 is 2.47 bits per heavy atom. The minimum absolute atomic E-state index is 0.279. The molecule has 0 amide bonds. The van der Waals surface area contributed by atoms with Crippen molar-refractivity contribution in [1.82, 2.24) is 0 Å². The summed E-state index contributed by atoms with van der Waals surface area (Å²) in [4.78, 5) is 20.8. The Hall–Kier alpha value is -2.43. The van der Waals surface area contributed by atoms with Crippen molar-refractivity contribution in [3.05, 3.63) is 57.8 Å². The van der Waals surface area contributed by atoms with Gasteiger partial charge in [-0.05, 0) is 17.7 Å². The van der Waals surface area contributed by atoms with Crippen LogP contribution in [0.15, 0.2) is 40.8 Å². The molecule has 2 aromatic rings. The normalized spacial score (nSPS) is 12.1. The highest BCUT2D eigenvalue weighted by Crippen LogP contribution is 2.22. The second-order valence-electron chi connectivity index (χ2n) is 4.36. The van der Waals surface area contributed by atoms with Crippen molar-refractivity contribution in [2.24, 2.45) is 0 Å². The summed E-state index contributed by atoms with van der Waals surface area (Å²) in [6.07, 6.45) is 1.04. The van der Waals surface area contributed by atoms with Crippen molar-refractivity contribution in [3.63, 3.8) is 0 Å². The predicted molar refractivity (Wildman–Crippen MR) is 69.7 cm³/mol. The van der Waals surface area contributed by atoms with E-state index in [0.29, 0.717) is 18.5 Å². The molecule has 1 aromatic heterocycles. The van der Waals surface area contributed by atoms with Crippen LogP contribution in [-0.2, 0) is 6.42 Å². The van der Waals surface area contributed by atoms with Crippen molar-refractivity contribution in [1.29, 1.82) is 0 Å². The highest BCUT2D eigenvalue weighted by molar-refractivity contribution is 5.72. The first-order chi connectivity index (χ1) is 9.10. The van der Waals surface area contributed by atoms with Gasteiger partial charge in [0.1, 0.15) is 5.76 Å². The van der Waals surface area contributed by atoms with Gasteiger partial charge < -0.3 is 4.42 Å². The van der Waals surface area contributed by atoms with Gasteiger partial charge in [-0.15, -0.1) is 0 Å². The Bertz CT molecular complexity index is 586. The van der Waals surface area contributed by atoms with Crippen LogP contribution in [0.25, 0.3) is 11.3 Å². The van der Waals surface area contributed by atoms with E-state index in [1.54, 1.807) is 19.1 Å². The Morgan fingerprint density at radius 1 is 1.26 bits per heavy atom. The number of hydrogen-bond donors (Lipinski definition) is 0. The van der Waals surface area contributed by atoms with E-state index in [9.17, 15) is 14.9 Å². The van der Waals surface area contributed by atoms with E-state index in [1.165, 1.54) is 0 Å². The van der Waals surface area contributed by atoms with Crippen molar-refractivity contribution in [2.75, 3.05) is 0 Å². The molecule has 5 nitrogen and oxygen atoms in total. The Balaban J connectivity index is 2.14. The average Bonchev–Trinajstić information content (AvgIpc) is 2.88. The second-order valence-corrected chi connectivity index (χ2v) is 4.36. The molecule has 2 rings (SSSR count). The molecule has 0 saturated heterocycles. The maximum Gasteiger partial charge on any atom is 0.214 e. The van der Waals surface area contributed by atoms with Crippen LogP contribution < -0.4 is 0 Å². The van der Waals surface area contributed by atoms with Crippen molar-refractivity contribution in [2.45, 2.75) is 19.4 Å². The maximum absolute atomic E-state index is 10.6. The summed E-state index contributed by atoms with van der Waals surface area (Å²) in [7, 11) is 0. The van der Waals surface area contributed by atoms with Crippen LogP contribution in [-0.4, -0.2) is 17.3 Å². The van der Waals surface area contributed by atoms with E-state index >= 15 is 0 Å². The number of hydrogen-bond acceptors (Lipinski definition) is 4. The number of furan rings is 1. The number of nitrogens with zero attached hydrogens (tertiary/aromatic N) is 1. The predicted octanol–water partition coefficient (Wildman–Crippen LogP) is 2.97. The van der Waals surface area contributed by atoms with Gasteiger partial charge in [0.2, 0.25) is 6.04 Å². The molecule has 0 bridgehead atoms. The lowest BCUT2D eigenvalue weighted by Gasteiger charge is -2.04. The summed E-state index contributed by atoms with van der Waals surface area (Å²) in [6, 6.07) is 10.0. The zero-order valence-electron chi connectivity index (χ0n) is 10.4. The fraction of sp³-hybridized carbons (Fsp3) is 0.214. The SMILES string of the molecule is CC(Cc1ccc(-c2ccc(C=O)o2)cc1)[N+](=O)[O-]. The summed E-state index contributed by atoms with van der Waals surface area (Å²) in [5.41, 5.74) is 1.74. The first kappa shape index (κ1) is 13.0. The number of benzene rings is 1. The van der Waals surface area contributed by atoms with Gasteiger partial charge in [-0.2, -0.15) is 0 Å². The Morgan fingerprint density at radius 2 is 1.95 bits per heavy atom. The van der Waals surface area contributed by atoms with Crippen LogP contribution in [0.2, 0.25) is 0 Å². The quantitative estimate of drug-likeness (QED) is 0.470. The van der Waals surface area contributed by atoms with Gasteiger partial charge >= 0.3 is 0 Å². The molecule has 0 saturated carbocycles. The van der Waals surface area contributed by atoms with Crippen LogP contribution in [0.4, 0.5) is 0 Å². The van der Waals surface area contributed by atoms with Crippen molar-refractivity contribution >= 4 is 6.29 Å². The highest BCUT2D eigenvalue weighted by atomic mass is 16.6. The Labute approximate surface area is 110 Å². The third-order valence-corrected chi connectivity index (χ3v) is 2.87. The van der Waals surface area contributed by atoms with Gasteiger partial charge in [-0.25, -0.2) is 0 Å². The van der Waals surface area contributed by atoms with E-state index in [2.05, 4.69) is 0 Å². The third-order valence-electron chi connectivity index (χ3n) is 2.87. The highest BCUT2D eigenvalue weighted by Gasteiger charge is 2.13. The second kappa shape index (κ2) is 5.48. The summed E-state index contributed by atoms with van der Waals surface area (Å²) in [5.74, 6) is 0.886. The third kappa shape index (κ3) is 3.07. The molecule has 98 valence electrons. The summed E-state index contributed by atoms with van der Waals surface area (Å²) < 4.78 is 5.30. The standard InChI is InChI=1S/C14H13NO4/c1-10(15(17)18)8-11-2-4-12(5-3-11)14-7-6-13(9-16)19-14/h2-7,9-10H,8H2,1H3. The molecule has 1 atom stereocenters. The van der Waals surface area contributed by atoms with Gasteiger partial charge in [0.15, 0.2) is 12.0 Å². The molecule has 0 spiro atoms. The zero-order valence-corrected chi connectivity index (χ0v) is 10.4. The first-order valence-electron chi connectivity index (χ1n) is 5.88. The van der Waals surface area contributed by atoms with Crippen molar-refractivity contribution in [3.8, 4) is 11.3 Å². The molecule has 1 heterocycles. The molecule has 0 radical (unpaired) electrons. The van der Waals surface area contributed by atoms with Gasteiger partial charge in [0.05, 0.1) is 0 Å².